The van der Waals surface area contributed by atoms with E-state index in [-0.39, 0.29) is 0 Å². The van der Waals surface area contributed by atoms with Crippen LogP contribution in [0.15, 0.2) is 47.6 Å². The molecule has 102 valence electrons. The highest BCUT2D eigenvalue weighted by Gasteiger charge is 2.04. The third-order valence-electron chi connectivity index (χ3n) is 3.19. The third kappa shape index (κ3) is 4.40. The van der Waals surface area contributed by atoms with Gasteiger partial charge in [0, 0.05) is 29.9 Å². The first-order valence-corrected chi connectivity index (χ1v) is 7.87. The Morgan fingerprint density at radius 1 is 1.32 bits per heavy atom. The zero-order chi connectivity index (χ0) is 13.5. The van der Waals surface area contributed by atoms with Gasteiger partial charge in [-0.05, 0) is 49.9 Å². The molecule has 1 aromatic carbocycles. The number of aryl methyl sites for hydroxylation is 1. The summed E-state index contributed by atoms with van der Waals surface area (Å²) in [6.45, 7) is 4.19. The van der Waals surface area contributed by atoms with Crippen LogP contribution in [-0.4, -0.2) is 22.6 Å². The number of aromatic nitrogens is 2. The van der Waals surface area contributed by atoms with Crippen LogP contribution in [0.2, 0.25) is 0 Å². The van der Waals surface area contributed by atoms with Gasteiger partial charge >= 0.3 is 0 Å². The normalized spacial score (nSPS) is 12.5. The molecule has 0 aliphatic rings. The number of hydrogen-bond acceptors (Lipinski definition) is 3. The summed E-state index contributed by atoms with van der Waals surface area (Å²) in [5.41, 5.74) is 1.34. The van der Waals surface area contributed by atoms with Crippen LogP contribution in [0.4, 0.5) is 0 Å². The molecular formula is C15H21N3S. The summed E-state index contributed by atoms with van der Waals surface area (Å²) < 4.78 is 1.97. The summed E-state index contributed by atoms with van der Waals surface area (Å²) in [4.78, 5) is 1.31. The second-order valence-corrected chi connectivity index (χ2v) is 5.45. The van der Waals surface area contributed by atoms with Crippen molar-refractivity contribution in [2.75, 3.05) is 12.8 Å². The van der Waals surface area contributed by atoms with Crippen LogP contribution in [0.3, 0.4) is 0 Å². The minimum absolute atomic E-state index is 0.397. The average molecular weight is 275 g/mol. The molecule has 2 rings (SSSR count). The Kier molecular flexibility index (Phi) is 5.48. The lowest BCUT2D eigenvalue weighted by atomic mass is 10.1. The first-order chi connectivity index (χ1) is 9.29. The molecule has 0 bridgehead atoms. The van der Waals surface area contributed by atoms with Gasteiger partial charge in [0.1, 0.15) is 0 Å². The predicted octanol–water partition coefficient (Wildman–Crippen LogP) is 3.35. The van der Waals surface area contributed by atoms with Gasteiger partial charge < -0.3 is 5.32 Å². The van der Waals surface area contributed by atoms with Crippen LogP contribution < -0.4 is 5.32 Å². The molecule has 1 unspecified atom stereocenters. The maximum Gasteiger partial charge on any atom is 0.0489 e. The summed E-state index contributed by atoms with van der Waals surface area (Å²) in [6.07, 6.45) is 7.02. The van der Waals surface area contributed by atoms with E-state index in [1.54, 1.807) is 11.8 Å². The van der Waals surface area contributed by atoms with Gasteiger partial charge in [0.2, 0.25) is 0 Å². The lowest BCUT2D eigenvalue weighted by Crippen LogP contribution is -2.21. The Bertz CT molecular complexity index is 465. The standard InChI is InChI=1S/C15H21N3S/c1-13(14-5-7-15(19-2)8-6-14)16-9-3-11-18-12-4-10-17-18/h4-8,10,12-13,16H,3,9,11H2,1-2H3. The first kappa shape index (κ1) is 14.2. The average Bonchev–Trinajstić information content (AvgIpc) is 2.96. The van der Waals surface area contributed by atoms with Crippen molar-refractivity contribution < 1.29 is 0 Å². The molecule has 0 aliphatic heterocycles. The summed E-state index contributed by atoms with van der Waals surface area (Å²) in [6, 6.07) is 11.1. The van der Waals surface area contributed by atoms with Gasteiger partial charge in [0.05, 0.1) is 0 Å². The summed E-state index contributed by atoms with van der Waals surface area (Å²) >= 11 is 1.78. The van der Waals surface area contributed by atoms with E-state index in [9.17, 15) is 0 Å². The fourth-order valence-electron chi connectivity index (χ4n) is 2.00. The molecule has 2 aromatic rings. The number of benzene rings is 1. The van der Waals surface area contributed by atoms with Crippen molar-refractivity contribution in [3.63, 3.8) is 0 Å². The van der Waals surface area contributed by atoms with Crippen molar-refractivity contribution in [2.45, 2.75) is 30.8 Å². The molecule has 19 heavy (non-hydrogen) atoms. The van der Waals surface area contributed by atoms with E-state index in [2.05, 4.69) is 47.9 Å². The van der Waals surface area contributed by atoms with Crippen LogP contribution in [0, 0.1) is 0 Å². The lowest BCUT2D eigenvalue weighted by Gasteiger charge is -2.14. The van der Waals surface area contributed by atoms with Gasteiger partial charge in [-0.15, -0.1) is 11.8 Å². The molecule has 1 heterocycles. The van der Waals surface area contributed by atoms with E-state index < -0.39 is 0 Å². The molecule has 0 radical (unpaired) electrons. The van der Waals surface area contributed by atoms with Crippen molar-refractivity contribution in [1.82, 2.24) is 15.1 Å². The van der Waals surface area contributed by atoms with Crippen molar-refractivity contribution in [1.29, 1.82) is 0 Å². The van der Waals surface area contributed by atoms with Gasteiger partial charge in [0.15, 0.2) is 0 Å². The number of nitrogens with zero attached hydrogens (tertiary/aromatic N) is 2. The summed E-state index contributed by atoms with van der Waals surface area (Å²) in [7, 11) is 0. The third-order valence-corrected chi connectivity index (χ3v) is 3.93. The first-order valence-electron chi connectivity index (χ1n) is 6.64. The van der Waals surface area contributed by atoms with Crippen molar-refractivity contribution in [3.05, 3.63) is 48.3 Å². The van der Waals surface area contributed by atoms with Crippen molar-refractivity contribution in [2.24, 2.45) is 0 Å². The number of thioether (sulfide) groups is 1. The van der Waals surface area contributed by atoms with Gasteiger partial charge in [0.25, 0.3) is 0 Å². The van der Waals surface area contributed by atoms with Crippen molar-refractivity contribution in [3.8, 4) is 0 Å². The SMILES string of the molecule is CSc1ccc(C(C)NCCCn2cccn2)cc1. The zero-order valence-electron chi connectivity index (χ0n) is 11.5. The molecule has 0 aliphatic carbocycles. The lowest BCUT2D eigenvalue weighted by molar-refractivity contribution is 0.507. The topological polar surface area (TPSA) is 29.9 Å². The van der Waals surface area contributed by atoms with E-state index in [0.29, 0.717) is 6.04 Å². The number of rotatable bonds is 7. The van der Waals surface area contributed by atoms with Crippen LogP contribution in [0.1, 0.15) is 24.9 Å². The van der Waals surface area contributed by atoms with Crippen molar-refractivity contribution >= 4 is 11.8 Å². The van der Waals surface area contributed by atoms with Gasteiger partial charge in [-0.25, -0.2) is 0 Å². The highest BCUT2D eigenvalue weighted by atomic mass is 32.2. The molecule has 4 heteroatoms. The minimum atomic E-state index is 0.397. The summed E-state index contributed by atoms with van der Waals surface area (Å²) in [5, 5.41) is 7.75. The minimum Gasteiger partial charge on any atom is -0.310 e. The van der Waals surface area contributed by atoms with Crippen LogP contribution in [-0.2, 0) is 6.54 Å². The maximum atomic E-state index is 4.20. The van der Waals surface area contributed by atoms with Crippen LogP contribution >= 0.6 is 11.8 Å². The number of nitrogens with one attached hydrogen (secondary N) is 1. The molecule has 1 N–H and O–H groups in total. The monoisotopic (exact) mass is 275 g/mol. The van der Waals surface area contributed by atoms with Crippen LogP contribution in [0.25, 0.3) is 0 Å². The zero-order valence-corrected chi connectivity index (χ0v) is 12.4. The fourth-order valence-corrected chi connectivity index (χ4v) is 2.41. The smallest absolute Gasteiger partial charge is 0.0489 e. The highest BCUT2D eigenvalue weighted by Crippen LogP contribution is 2.18. The Morgan fingerprint density at radius 2 is 2.11 bits per heavy atom. The Balaban J connectivity index is 1.72. The van der Waals surface area contributed by atoms with Crippen LogP contribution in [0.5, 0.6) is 0 Å². The Morgan fingerprint density at radius 3 is 2.74 bits per heavy atom. The number of hydrogen-bond donors (Lipinski definition) is 1. The van der Waals surface area contributed by atoms with Gasteiger partial charge in [-0.2, -0.15) is 5.10 Å². The predicted molar refractivity (Wildman–Crippen MR) is 81.5 cm³/mol. The quantitative estimate of drug-likeness (QED) is 0.621. The molecule has 1 aromatic heterocycles. The molecule has 0 saturated carbocycles. The van der Waals surface area contributed by atoms with Gasteiger partial charge in [-0.3, -0.25) is 4.68 Å². The van der Waals surface area contributed by atoms with E-state index in [1.807, 2.05) is 23.1 Å². The summed E-state index contributed by atoms with van der Waals surface area (Å²) in [5.74, 6) is 0. The van der Waals surface area contributed by atoms with Gasteiger partial charge in [-0.1, -0.05) is 12.1 Å². The Hall–Kier alpha value is -1.26. The molecule has 0 amide bonds. The highest BCUT2D eigenvalue weighted by molar-refractivity contribution is 7.98. The maximum absolute atomic E-state index is 4.20. The second kappa shape index (κ2) is 7.36. The molecule has 0 fully saturated rings. The molecule has 0 saturated heterocycles. The largest absolute Gasteiger partial charge is 0.310 e. The molecule has 1 atom stereocenters. The van der Waals surface area contributed by atoms with E-state index in [1.165, 1.54) is 10.5 Å². The molecule has 3 nitrogen and oxygen atoms in total. The Labute approximate surface area is 119 Å². The second-order valence-electron chi connectivity index (χ2n) is 4.57. The van der Waals surface area contributed by atoms with E-state index in [0.717, 1.165) is 19.5 Å². The molecular weight excluding hydrogens is 254 g/mol. The fraction of sp³-hybridized carbons (Fsp3) is 0.400. The van der Waals surface area contributed by atoms with E-state index >= 15 is 0 Å². The van der Waals surface area contributed by atoms with E-state index in [4.69, 9.17) is 0 Å². The molecule has 0 spiro atoms.